The van der Waals surface area contributed by atoms with E-state index in [1.807, 2.05) is 25.3 Å². The molecule has 1 aromatic carbocycles. The van der Waals surface area contributed by atoms with Crippen molar-refractivity contribution in [2.75, 3.05) is 50.5 Å². The van der Waals surface area contributed by atoms with Crippen LogP contribution in [0.4, 0.5) is 11.4 Å². The lowest BCUT2D eigenvalue weighted by Gasteiger charge is -2.19. The summed E-state index contributed by atoms with van der Waals surface area (Å²) in [7, 11) is 1.56. The van der Waals surface area contributed by atoms with Crippen LogP contribution in [0, 0.1) is 0 Å². The quantitative estimate of drug-likeness (QED) is 0.415. The van der Waals surface area contributed by atoms with Crippen molar-refractivity contribution in [3.05, 3.63) is 77.8 Å². The Labute approximate surface area is 225 Å². The molecule has 1 amide bonds. The molecule has 3 heterocycles. The zero-order chi connectivity index (χ0) is 26.9. The number of pyridine rings is 1. The second kappa shape index (κ2) is 13.1. The van der Waals surface area contributed by atoms with E-state index in [2.05, 4.69) is 51.5 Å². The molecular formula is C30H38N6O2. The van der Waals surface area contributed by atoms with Crippen LogP contribution in [0.15, 0.2) is 71.6 Å². The van der Waals surface area contributed by atoms with Crippen LogP contribution < -0.4 is 20.7 Å². The summed E-state index contributed by atoms with van der Waals surface area (Å²) in [6.07, 6.45) is 9.14. The average Bonchev–Trinajstić information content (AvgIpc) is 3.40. The van der Waals surface area contributed by atoms with Crippen LogP contribution in [-0.4, -0.2) is 61.3 Å². The predicted octanol–water partition coefficient (Wildman–Crippen LogP) is 4.84. The number of amides is 1. The van der Waals surface area contributed by atoms with Crippen LogP contribution in [0.25, 0.3) is 5.57 Å². The van der Waals surface area contributed by atoms with E-state index in [1.165, 1.54) is 18.4 Å². The Morgan fingerprint density at radius 3 is 2.71 bits per heavy atom. The van der Waals surface area contributed by atoms with Gasteiger partial charge in [0.2, 0.25) is 5.88 Å². The Hall–Kier alpha value is -3.91. The van der Waals surface area contributed by atoms with Gasteiger partial charge < -0.3 is 20.7 Å². The number of likely N-dealkylation sites (tertiary alicyclic amines) is 1. The molecule has 1 saturated heterocycles. The summed E-state index contributed by atoms with van der Waals surface area (Å²) in [5.74, 6) is 0.215. The second-order valence-electron chi connectivity index (χ2n) is 9.81. The standard InChI is InChI=1S/C30H38N6O2/c1-21(2)33-18-24(16-22(3)20-36-14-5-6-15-36)23-8-10-27-26(17-23)29(32-13-7-12-31-27)30(37)35-25-9-11-28(38-4)34-19-25/h8-11,16-19,31,33H,1,5-7,12-15,20H2,2-4H3,(H,35,37)/b22-16+,24-18+,32-29?. The van der Waals surface area contributed by atoms with Gasteiger partial charge in [-0.05, 0) is 75.5 Å². The van der Waals surface area contributed by atoms with Gasteiger partial charge in [0.05, 0.1) is 19.0 Å². The zero-order valence-electron chi connectivity index (χ0n) is 22.6. The first-order valence-electron chi connectivity index (χ1n) is 13.2. The van der Waals surface area contributed by atoms with Gasteiger partial charge in [0, 0.05) is 48.8 Å². The maximum absolute atomic E-state index is 13.4. The number of fused-ring (bicyclic) bond motifs is 1. The molecule has 2 aliphatic rings. The van der Waals surface area contributed by atoms with Crippen LogP contribution in [0.2, 0.25) is 0 Å². The normalized spacial score (nSPS) is 16.4. The minimum atomic E-state index is -0.273. The minimum Gasteiger partial charge on any atom is -0.481 e. The number of nitrogens with zero attached hydrogens (tertiary/aromatic N) is 3. The largest absolute Gasteiger partial charge is 0.481 e. The number of methoxy groups -OCH3 is 1. The Balaban J connectivity index is 1.66. The van der Waals surface area contributed by atoms with E-state index in [9.17, 15) is 4.79 Å². The number of rotatable bonds is 9. The van der Waals surface area contributed by atoms with Crippen LogP contribution in [0.5, 0.6) is 5.88 Å². The zero-order valence-corrected chi connectivity index (χ0v) is 22.6. The molecule has 8 nitrogen and oxygen atoms in total. The van der Waals surface area contributed by atoms with E-state index >= 15 is 0 Å². The number of carbonyl (C=O) groups excluding carboxylic acids is 1. The molecule has 2 aromatic rings. The lowest BCUT2D eigenvalue weighted by Crippen LogP contribution is -2.27. The Bertz CT molecular complexity index is 1240. The van der Waals surface area contributed by atoms with Gasteiger partial charge in [-0.1, -0.05) is 24.3 Å². The van der Waals surface area contributed by atoms with Crippen LogP contribution in [0.3, 0.4) is 0 Å². The van der Waals surface area contributed by atoms with Crippen molar-refractivity contribution in [3.8, 4) is 5.88 Å². The van der Waals surface area contributed by atoms with Crippen molar-refractivity contribution < 1.29 is 9.53 Å². The number of benzene rings is 1. The first-order valence-corrected chi connectivity index (χ1v) is 13.2. The highest BCUT2D eigenvalue weighted by Gasteiger charge is 2.21. The number of carbonyl (C=O) groups is 1. The molecule has 38 heavy (non-hydrogen) atoms. The molecule has 0 bridgehead atoms. The molecule has 1 aromatic heterocycles. The van der Waals surface area contributed by atoms with Gasteiger partial charge in [-0.2, -0.15) is 0 Å². The van der Waals surface area contributed by atoms with Crippen molar-refractivity contribution >= 4 is 28.6 Å². The van der Waals surface area contributed by atoms with Crippen molar-refractivity contribution in [3.63, 3.8) is 0 Å². The molecule has 0 spiro atoms. The summed E-state index contributed by atoms with van der Waals surface area (Å²) in [5, 5.41) is 9.68. The van der Waals surface area contributed by atoms with E-state index < -0.39 is 0 Å². The number of aliphatic imine (C=N–C) groups is 1. The van der Waals surface area contributed by atoms with Crippen LogP contribution >= 0.6 is 0 Å². The van der Waals surface area contributed by atoms with Crippen LogP contribution in [0.1, 0.15) is 44.2 Å². The lowest BCUT2D eigenvalue weighted by molar-refractivity contribution is -0.110. The van der Waals surface area contributed by atoms with E-state index in [0.717, 1.165) is 60.7 Å². The van der Waals surface area contributed by atoms with Crippen molar-refractivity contribution in [1.82, 2.24) is 15.2 Å². The van der Waals surface area contributed by atoms with Crippen molar-refractivity contribution in [2.45, 2.75) is 33.1 Å². The van der Waals surface area contributed by atoms with Crippen molar-refractivity contribution in [1.29, 1.82) is 0 Å². The molecular weight excluding hydrogens is 476 g/mol. The maximum atomic E-state index is 13.4. The Kier molecular flexibility index (Phi) is 9.32. The third-order valence-electron chi connectivity index (χ3n) is 6.49. The van der Waals surface area contributed by atoms with Gasteiger partial charge in [0.1, 0.15) is 5.71 Å². The third kappa shape index (κ3) is 7.32. The maximum Gasteiger partial charge on any atom is 0.274 e. The van der Waals surface area contributed by atoms with Gasteiger partial charge in [-0.25, -0.2) is 4.98 Å². The first-order chi connectivity index (χ1) is 18.4. The first kappa shape index (κ1) is 27.1. The number of hydrogen-bond acceptors (Lipinski definition) is 7. The molecule has 4 rings (SSSR count). The fraction of sp³-hybridized carbons (Fsp3) is 0.367. The molecule has 0 radical (unpaired) electrons. The fourth-order valence-corrected chi connectivity index (χ4v) is 4.63. The third-order valence-corrected chi connectivity index (χ3v) is 6.49. The molecule has 0 atom stereocenters. The smallest absolute Gasteiger partial charge is 0.274 e. The molecule has 0 unspecified atom stereocenters. The summed E-state index contributed by atoms with van der Waals surface area (Å²) in [6, 6.07) is 9.64. The van der Waals surface area contributed by atoms with Crippen LogP contribution in [-0.2, 0) is 4.79 Å². The molecule has 0 saturated carbocycles. The fourth-order valence-electron chi connectivity index (χ4n) is 4.63. The molecule has 8 heteroatoms. The molecule has 200 valence electrons. The van der Waals surface area contributed by atoms with Gasteiger partial charge in [0.15, 0.2) is 0 Å². The second-order valence-corrected chi connectivity index (χ2v) is 9.81. The van der Waals surface area contributed by atoms with Gasteiger partial charge in [-0.3, -0.25) is 14.7 Å². The number of aromatic nitrogens is 1. The van der Waals surface area contributed by atoms with E-state index in [4.69, 9.17) is 9.73 Å². The highest BCUT2D eigenvalue weighted by Crippen LogP contribution is 2.27. The monoisotopic (exact) mass is 514 g/mol. The summed E-state index contributed by atoms with van der Waals surface area (Å²) < 4.78 is 5.12. The summed E-state index contributed by atoms with van der Waals surface area (Å²) in [5.41, 5.74) is 6.79. The van der Waals surface area contributed by atoms with Gasteiger partial charge >= 0.3 is 0 Å². The summed E-state index contributed by atoms with van der Waals surface area (Å²) in [6.45, 7) is 12.7. The number of nitrogens with one attached hydrogen (secondary N) is 3. The van der Waals surface area contributed by atoms with E-state index in [1.54, 1.807) is 25.4 Å². The molecule has 0 aliphatic carbocycles. The summed E-state index contributed by atoms with van der Waals surface area (Å²) in [4.78, 5) is 24.8. The minimum absolute atomic E-state index is 0.273. The number of hydrogen-bond donors (Lipinski definition) is 3. The highest BCUT2D eigenvalue weighted by molar-refractivity contribution is 6.50. The molecule has 1 fully saturated rings. The van der Waals surface area contributed by atoms with Gasteiger partial charge in [-0.15, -0.1) is 0 Å². The Morgan fingerprint density at radius 2 is 2.00 bits per heavy atom. The van der Waals surface area contributed by atoms with Crippen molar-refractivity contribution in [2.24, 2.45) is 4.99 Å². The molecule has 3 N–H and O–H groups in total. The Morgan fingerprint density at radius 1 is 1.18 bits per heavy atom. The average molecular weight is 515 g/mol. The molecule has 2 aliphatic heterocycles. The lowest BCUT2D eigenvalue weighted by atomic mass is 9.97. The SMILES string of the molecule is C=C(C)N/C=C(\C=C(/C)CN1CCCC1)c1ccc2c(c1)C(C(=O)Nc1ccc(OC)nc1)=NCCCN2. The predicted molar refractivity (Wildman–Crippen MR) is 156 cm³/mol. The topological polar surface area (TPSA) is 90.9 Å². The van der Waals surface area contributed by atoms with Gasteiger partial charge in [0.25, 0.3) is 5.91 Å². The number of ether oxygens (including phenoxy) is 1. The van der Waals surface area contributed by atoms with E-state index in [0.29, 0.717) is 23.8 Å². The number of allylic oxidation sites excluding steroid dienone is 3. The summed E-state index contributed by atoms with van der Waals surface area (Å²) >= 11 is 0. The van der Waals surface area contributed by atoms with E-state index in [-0.39, 0.29) is 5.91 Å². The number of anilines is 2. The highest BCUT2D eigenvalue weighted by atomic mass is 16.5.